The van der Waals surface area contributed by atoms with Crippen LogP contribution in [0.2, 0.25) is 0 Å². The largest absolute Gasteiger partial charge is 0.465 e. The molecule has 6 nitrogen and oxygen atoms in total. The highest BCUT2D eigenvalue weighted by Crippen LogP contribution is 2.39. The van der Waals surface area contributed by atoms with Crippen LogP contribution >= 0.6 is 23.7 Å². The second kappa shape index (κ2) is 6.45. The molecule has 0 aromatic carbocycles. The predicted molar refractivity (Wildman–Crippen MR) is 85.9 cm³/mol. The lowest BCUT2D eigenvalue weighted by Gasteiger charge is -2.17. The van der Waals surface area contributed by atoms with Crippen molar-refractivity contribution >= 4 is 39.7 Å². The van der Waals surface area contributed by atoms with E-state index in [2.05, 4.69) is 4.74 Å². The lowest BCUT2D eigenvalue weighted by molar-refractivity contribution is 0.0606. The highest BCUT2D eigenvalue weighted by atomic mass is 35.5. The molecule has 1 aromatic rings. The fourth-order valence-corrected chi connectivity index (χ4v) is 5.99. The molecule has 3 atom stereocenters. The van der Waals surface area contributed by atoms with Crippen molar-refractivity contribution in [1.82, 2.24) is 4.31 Å². The van der Waals surface area contributed by atoms with Crippen molar-refractivity contribution in [2.24, 2.45) is 17.6 Å². The molecule has 124 valence electrons. The van der Waals surface area contributed by atoms with E-state index in [-0.39, 0.29) is 29.3 Å². The average molecular weight is 367 g/mol. The van der Waals surface area contributed by atoms with Gasteiger partial charge in [-0.3, -0.25) is 0 Å². The zero-order valence-electron chi connectivity index (χ0n) is 12.1. The predicted octanol–water partition coefficient (Wildman–Crippen LogP) is 1.31. The van der Waals surface area contributed by atoms with Crippen molar-refractivity contribution in [3.63, 3.8) is 0 Å². The highest BCUT2D eigenvalue weighted by Gasteiger charge is 2.45. The Morgan fingerprint density at radius 2 is 2.14 bits per heavy atom. The number of sulfonamides is 1. The molecular formula is C13H19ClN2O4S2. The van der Waals surface area contributed by atoms with Gasteiger partial charge in [0.1, 0.15) is 4.88 Å². The van der Waals surface area contributed by atoms with Gasteiger partial charge in [-0.15, -0.1) is 23.7 Å². The van der Waals surface area contributed by atoms with Crippen LogP contribution in [0.1, 0.15) is 22.5 Å². The first-order valence-electron chi connectivity index (χ1n) is 6.86. The van der Waals surface area contributed by atoms with Crippen LogP contribution in [0.4, 0.5) is 0 Å². The first-order valence-corrected chi connectivity index (χ1v) is 9.18. The van der Waals surface area contributed by atoms with Gasteiger partial charge in [0.15, 0.2) is 0 Å². The van der Waals surface area contributed by atoms with Crippen LogP contribution in [0.5, 0.6) is 0 Å². The highest BCUT2D eigenvalue weighted by molar-refractivity contribution is 7.89. The summed E-state index contributed by atoms with van der Waals surface area (Å²) < 4.78 is 31.4. The van der Waals surface area contributed by atoms with Gasteiger partial charge in [-0.25, -0.2) is 13.2 Å². The second-order valence-corrected chi connectivity index (χ2v) is 8.47. The monoisotopic (exact) mass is 366 g/mol. The summed E-state index contributed by atoms with van der Waals surface area (Å²) in [5.41, 5.74) is 6.05. The third-order valence-electron chi connectivity index (χ3n) is 4.48. The first-order chi connectivity index (χ1) is 9.93. The minimum atomic E-state index is -3.54. The molecule has 0 bridgehead atoms. The summed E-state index contributed by atoms with van der Waals surface area (Å²) in [7, 11) is -2.27. The van der Waals surface area contributed by atoms with Gasteiger partial charge in [0, 0.05) is 24.5 Å². The van der Waals surface area contributed by atoms with E-state index >= 15 is 0 Å². The minimum absolute atomic E-state index is 0. The number of nitrogens with two attached hydrogens (primary N) is 1. The number of methoxy groups -OCH3 is 1. The third kappa shape index (κ3) is 2.90. The summed E-state index contributed by atoms with van der Waals surface area (Å²) in [4.78, 5) is 11.9. The molecule has 0 radical (unpaired) electrons. The molecular weight excluding hydrogens is 348 g/mol. The number of hydrogen-bond donors (Lipinski definition) is 1. The fraction of sp³-hybridized carbons (Fsp3) is 0.615. The Bertz CT molecular complexity index is 661. The number of carbonyl (C=O) groups is 1. The molecule has 1 aromatic heterocycles. The van der Waals surface area contributed by atoms with Crippen LogP contribution in [-0.2, 0) is 14.8 Å². The molecule has 0 spiro atoms. The number of nitrogens with zero attached hydrogens (tertiary/aromatic N) is 1. The fourth-order valence-electron chi connectivity index (χ4n) is 3.27. The van der Waals surface area contributed by atoms with Crippen LogP contribution in [0.15, 0.2) is 16.3 Å². The van der Waals surface area contributed by atoms with Crippen LogP contribution in [0.25, 0.3) is 0 Å². The topological polar surface area (TPSA) is 89.7 Å². The summed E-state index contributed by atoms with van der Waals surface area (Å²) in [6.07, 6.45) is 1.98. The lowest BCUT2D eigenvalue weighted by atomic mass is 9.98. The van der Waals surface area contributed by atoms with Crippen LogP contribution in [0, 0.1) is 11.8 Å². The number of hydrogen-bond acceptors (Lipinski definition) is 6. The SMILES string of the molecule is COC(=O)c1cc(S(=O)(=O)N2CC3CCC(N)C3C2)cs1.Cl. The molecule has 22 heavy (non-hydrogen) atoms. The van der Waals surface area contributed by atoms with Gasteiger partial charge in [0.05, 0.1) is 12.0 Å². The van der Waals surface area contributed by atoms with E-state index in [0.29, 0.717) is 23.9 Å². The van der Waals surface area contributed by atoms with E-state index in [1.807, 2.05) is 0 Å². The molecule has 0 amide bonds. The molecule has 1 aliphatic carbocycles. The van der Waals surface area contributed by atoms with Crippen molar-refractivity contribution in [2.75, 3.05) is 20.2 Å². The number of thiophene rings is 1. The summed E-state index contributed by atoms with van der Waals surface area (Å²) in [5.74, 6) is 0.119. The van der Waals surface area contributed by atoms with E-state index in [0.717, 1.165) is 24.2 Å². The van der Waals surface area contributed by atoms with Gasteiger partial charge in [0.25, 0.3) is 0 Å². The van der Waals surface area contributed by atoms with Crippen molar-refractivity contribution < 1.29 is 17.9 Å². The number of ether oxygens (including phenoxy) is 1. The maximum absolute atomic E-state index is 12.6. The van der Waals surface area contributed by atoms with E-state index in [4.69, 9.17) is 5.73 Å². The molecule has 3 unspecified atom stereocenters. The molecule has 2 heterocycles. The number of carbonyl (C=O) groups excluding carboxylic acids is 1. The molecule has 2 aliphatic rings. The lowest BCUT2D eigenvalue weighted by Crippen LogP contribution is -2.33. The van der Waals surface area contributed by atoms with Gasteiger partial charge in [0.2, 0.25) is 10.0 Å². The van der Waals surface area contributed by atoms with Crippen molar-refractivity contribution in [3.05, 3.63) is 16.3 Å². The smallest absolute Gasteiger partial charge is 0.348 e. The molecule has 2 fully saturated rings. The van der Waals surface area contributed by atoms with Gasteiger partial charge < -0.3 is 10.5 Å². The van der Waals surface area contributed by atoms with E-state index < -0.39 is 16.0 Å². The van der Waals surface area contributed by atoms with Gasteiger partial charge in [-0.05, 0) is 30.7 Å². The van der Waals surface area contributed by atoms with Gasteiger partial charge >= 0.3 is 5.97 Å². The molecule has 9 heteroatoms. The van der Waals surface area contributed by atoms with Crippen LogP contribution in [0.3, 0.4) is 0 Å². The molecule has 3 rings (SSSR count). The Morgan fingerprint density at radius 1 is 1.41 bits per heavy atom. The second-order valence-electron chi connectivity index (χ2n) is 5.63. The zero-order chi connectivity index (χ0) is 15.2. The number of halogens is 1. The van der Waals surface area contributed by atoms with Gasteiger partial charge in [-0.1, -0.05) is 0 Å². The Kier molecular flexibility index (Phi) is 5.18. The van der Waals surface area contributed by atoms with Gasteiger partial charge in [-0.2, -0.15) is 4.31 Å². The van der Waals surface area contributed by atoms with Crippen molar-refractivity contribution in [3.8, 4) is 0 Å². The van der Waals surface area contributed by atoms with E-state index in [9.17, 15) is 13.2 Å². The quantitative estimate of drug-likeness (QED) is 0.815. The number of fused-ring (bicyclic) bond motifs is 1. The molecule has 2 N–H and O–H groups in total. The molecule has 1 aliphatic heterocycles. The van der Waals surface area contributed by atoms with E-state index in [1.54, 1.807) is 0 Å². The number of esters is 1. The number of rotatable bonds is 3. The summed E-state index contributed by atoms with van der Waals surface area (Å²) in [6, 6.07) is 1.49. The molecule has 1 saturated heterocycles. The average Bonchev–Trinajstić information content (AvgIpc) is 3.15. The van der Waals surface area contributed by atoms with Crippen LogP contribution < -0.4 is 5.73 Å². The van der Waals surface area contributed by atoms with E-state index in [1.165, 1.54) is 22.9 Å². The Morgan fingerprint density at radius 3 is 2.77 bits per heavy atom. The summed E-state index contributed by atoms with van der Waals surface area (Å²) in [6.45, 7) is 1.02. The minimum Gasteiger partial charge on any atom is -0.465 e. The summed E-state index contributed by atoms with van der Waals surface area (Å²) >= 11 is 1.08. The standard InChI is InChI=1S/C13H18N2O4S2.ClH/c1-19-13(16)12-4-9(7-20-12)21(17,18)15-5-8-2-3-11(14)10(8)6-15;/h4,7-8,10-11H,2-3,5-6,14H2,1H3;1H. The Labute approximate surface area is 140 Å². The summed E-state index contributed by atoms with van der Waals surface area (Å²) in [5, 5.41) is 1.50. The van der Waals surface area contributed by atoms with Crippen molar-refractivity contribution in [1.29, 1.82) is 0 Å². The first kappa shape index (κ1) is 17.7. The zero-order valence-corrected chi connectivity index (χ0v) is 14.5. The molecule has 1 saturated carbocycles. The third-order valence-corrected chi connectivity index (χ3v) is 7.35. The van der Waals surface area contributed by atoms with Crippen molar-refractivity contribution in [2.45, 2.75) is 23.8 Å². The maximum Gasteiger partial charge on any atom is 0.348 e. The normalized spacial score (nSPS) is 28.2. The van der Waals surface area contributed by atoms with Crippen LogP contribution in [-0.4, -0.2) is 44.9 Å². The Balaban J connectivity index is 0.00000176. The maximum atomic E-state index is 12.6. The Hall–Kier alpha value is -0.670.